The highest BCUT2D eigenvalue weighted by atomic mass is 19.4. The quantitative estimate of drug-likeness (QED) is 0.740. The summed E-state index contributed by atoms with van der Waals surface area (Å²) in [5.41, 5.74) is 0. The number of amides is 1. The fourth-order valence-electron chi connectivity index (χ4n) is 1.91. The molecule has 0 radical (unpaired) electrons. The predicted molar refractivity (Wildman–Crippen MR) is 63.2 cm³/mol. The van der Waals surface area contributed by atoms with Gasteiger partial charge in [0.1, 0.15) is 13.1 Å². The molecule has 1 aliphatic heterocycles. The Morgan fingerprint density at radius 2 is 1.90 bits per heavy atom. The van der Waals surface area contributed by atoms with Crippen molar-refractivity contribution in [3.05, 3.63) is 0 Å². The molecule has 1 aliphatic rings. The van der Waals surface area contributed by atoms with E-state index in [9.17, 15) is 22.8 Å². The number of hydrogen-bond donors (Lipinski definition) is 1. The molecular weight excluding hydrogens is 279 g/mol. The zero-order valence-electron chi connectivity index (χ0n) is 11.5. The topological polar surface area (TPSA) is 58.6 Å². The molecule has 116 valence electrons. The van der Waals surface area contributed by atoms with Crippen LogP contribution in [0.15, 0.2) is 0 Å². The van der Waals surface area contributed by atoms with Gasteiger partial charge in [-0.3, -0.25) is 9.63 Å². The minimum atomic E-state index is -5.06. The number of hydrogen-bond acceptors (Lipinski definition) is 4. The van der Waals surface area contributed by atoms with Crippen molar-refractivity contribution in [3.63, 3.8) is 0 Å². The van der Waals surface area contributed by atoms with Gasteiger partial charge in [0.25, 0.3) is 5.91 Å². The van der Waals surface area contributed by atoms with Crippen molar-refractivity contribution in [2.45, 2.75) is 12.6 Å². The zero-order chi connectivity index (χ0) is 15.4. The smallest absolute Gasteiger partial charge is 0.344 e. The van der Waals surface area contributed by atoms with Gasteiger partial charge in [-0.25, -0.2) is 4.79 Å². The van der Waals surface area contributed by atoms with Crippen molar-refractivity contribution < 1.29 is 32.2 Å². The van der Waals surface area contributed by atoms with E-state index >= 15 is 0 Å². The third-order valence-corrected chi connectivity index (χ3v) is 3.05. The summed E-state index contributed by atoms with van der Waals surface area (Å²) >= 11 is 0. The molecule has 0 saturated carbocycles. The standard InChI is InChI=1S/C11H19F3N3O3/c1-16(2)9(18)8-17(6-3-4-15-5-7-17)20-10(19)11(12,13)14/h15H,3-8H2,1-2H3/q+1. The summed E-state index contributed by atoms with van der Waals surface area (Å²) in [5, 5.41) is 3.00. The van der Waals surface area contributed by atoms with E-state index in [2.05, 4.69) is 10.2 Å². The van der Waals surface area contributed by atoms with Gasteiger partial charge in [0.2, 0.25) is 0 Å². The van der Waals surface area contributed by atoms with Gasteiger partial charge in [0, 0.05) is 33.6 Å². The molecule has 0 aliphatic carbocycles. The van der Waals surface area contributed by atoms with E-state index in [4.69, 9.17) is 0 Å². The molecule has 1 unspecified atom stereocenters. The Balaban J connectivity index is 2.88. The van der Waals surface area contributed by atoms with Gasteiger partial charge in [-0.2, -0.15) is 13.2 Å². The summed E-state index contributed by atoms with van der Waals surface area (Å²) < 4.78 is 36.5. The van der Waals surface area contributed by atoms with Gasteiger partial charge in [0.15, 0.2) is 6.54 Å². The van der Waals surface area contributed by atoms with E-state index in [-0.39, 0.29) is 25.5 Å². The van der Waals surface area contributed by atoms with E-state index in [0.717, 1.165) is 0 Å². The maximum atomic E-state index is 12.4. The average molecular weight is 298 g/mol. The molecule has 1 N–H and O–H groups in total. The Bertz CT molecular complexity index is 364. The Labute approximate surface area is 115 Å². The zero-order valence-corrected chi connectivity index (χ0v) is 11.5. The number of rotatable bonds is 3. The van der Waals surface area contributed by atoms with Crippen LogP contribution in [0, 0.1) is 0 Å². The number of hydroxylamine groups is 3. The highest BCUT2D eigenvalue weighted by Crippen LogP contribution is 2.21. The SMILES string of the molecule is CN(C)C(=O)C[N+]1(OC(=O)C(F)(F)F)CCCNCC1. The minimum absolute atomic E-state index is 0.126. The Kier molecular flexibility index (Phi) is 5.35. The van der Waals surface area contributed by atoms with Crippen molar-refractivity contribution in [1.82, 2.24) is 10.2 Å². The van der Waals surface area contributed by atoms with Crippen LogP contribution in [0.25, 0.3) is 0 Å². The fraction of sp³-hybridized carbons (Fsp3) is 0.818. The predicted octanol–water partition coefficient (Wildman–Crippen LogP) is -0.0948. The molecule has 6 nitrogen and oxygen atoms in total. The molecule has 0 bridgehead atoms. The Hall–Kier alpha value is -1.35. The first-order valence-corrected chi connectivity index (χ1v) is 6.24. The third-order valence-electron chi connectivity index (χ3n) is 3.05. The molecule has 0 aromatic rings. The lowest BCUT2D eigenvalue weighted by Crippen LogP contribution is -2.57. The number of nitrogens with zero attached hydrogens (tertiary/aromatic N) is 2. The van der Waals surface area contributed by atoms with Crippen LogP contribution in [-0.2, 0) is 14.4 Å². The van der Waals surface area contributed by atoms with Crippen molar-refractivity contribution in [2.24, 2.45) is 0 Å². The molecule has 0 aromatic carbocycles. The maximum absolute atomic E-state index is 12.4. The molecule has 0 aromatic heterocycles. The summed E-state index contributed by atoms with van der Waals surface area (Å²) in [6.45, 7) is 0.998. The number of carbonyl (C=O) groups is 2. The molecule has 20 heavy (non-hydrogen) atoms. The van der Waals surface area contributed by atoms with E-state index in [1.165, 1.54) is 19.0 Å². The number of carbonyl (C=O) groups excluding carboxylic acids is 2. The largest absolute Gasteiger partial charge is 0.497 e. The molecule has 1 heterocycles. The number of nitrogens with one attached hydrogen (secondary N) is 1. The average Bonchev–Trinajstić information content (AvgIpc) is 2.53. The van der Waals surface area contributed by atoms with Crippen molar-refractivity contribution in [1.29, 1.82) is 0 Å². The molecule has 1 saturated heterocycles. The van der Waals surface area contributed by atoms with Crippen LogP contribution in [0.5, 0.6) is 0 Å². The number of alkyl halides is 3. The van der Waals surface area contributed by atoms with Gasteiger partial charge in [-0.15, -0.1) is 4.65 Å². The number of halogens is 3. The number of likely N-dealkylation sites (N-methyl/N-ethyl adjacent to an activating group) is 1. The second kappa shape index (κ2) is 6.40. The van der Waals surface area contributed by atoms with Gasteiger partial charge in [-0.1, -0.05) is 0 Å². The van der Waals surface area contributed by atoms with E-state index in [1.807, 2.05) is 0 Å². The van der Waals surface area contributed by atoms with E-state index in [0.29, 0.717) is 19.5 Å². The van der Waals surface area contributed by atoms with Crippen LogP contribution in [-0.4, -0.2) is 74.4 Å². The summed E-state index contributed by atoms with van der Waals surface area (Å²) in [7, 11) is 3.00. The molecule has 1 amide bonds. The van der Waals surface area contributed by atoms with Crippen LogP contribution in [0.1, 0.15) is 6.42 Å². The molecule has 1 atom stereocenters. The first kappa shape index (κ1) is 16.7. The van der Waals surface area contributed by atoms with Gasteiger partial charge < -0.3 is 10.2 Å². The normalized spacial score (nSPS) is 23.9. The molecular formula is C11H19F3N3O3+. The lowest BCUT2D eigenvalue weighted by molar-refractivity contribution is -1.08. The minimum Gasteiger partial charge on any atom is -0.344 e. The molecule has 0 spiro atoms. The summed E-state index contributed by atoms with van der Waals surface area (Å²) in [5.74, 6) is -2.65. The van der Waals surface area contributed by atoms with Gasteiger partial charge in [-0.05, 0) is 0 Å². The molecule has 1 rings (SSSR count). The molecule has 1 fully saturated rings. The first-order chi connectivity index (χ1) is 9.16. The second-order valence-electron chi connectivity index (χ2n) is 4.93. The van der Waals surface area contributed by atoms with Crippen LogP contribution in [0.2, 0.25) is 0 Å². The lowest BCUT2D eigenvalue weighted by atomic mass is 10.3. The lowest BCUT2D eigenvalue weighted by Gasteiger charge is -2.33. The Morgan fingerprint density at radius 1 is 1.25 bits per heavy atom. The molecule has 9 heteroatoms. The van der Waals surface area contributed by atoms with Crippen LogP contribution in [0.3, 0.4) is 0 Å². The summed E-state index contributed by atoms with van der Waals surface area (Å²) in [6, 6.07) is 0. The van der Waals surface area contributed by atoms with E-state index in [1.54, 1.807) is 0 Å². The van der Waals surface area contributed by atoms with E-state index < -0.39 is 16.8 Å². The highest BCUT2D eigenvalue weighted by Gasteiger charge is 2.48. The van der Waals surface area contributed by atoms with Gasteiger partial charge >= 0.3 is 12.1 Å². The van der Waals surface area contributed by atoms with Crippen LogP contribution >= 0.6 is 0 Å². The van der Waals surface area contributed by atoms with Crippen LogP contribution in [0.4, 0.5) is 13.2 Å². The third kappa shape index (κ3) is 4.64. The summed E-state index contributed by atoms with van der Waals surface area (Å²) in [4.78, 5) is 28.8. The fourth-order valence-corrected chi connectivity index (χ4v) is 1.91. The first-order valence-electron chi connectivity index (χ1n) is 6.24. The Morgan fingerprint density at radius 3 is 2.45 bits per heavy atom. The number of quaternary nitrogens is 1. The second-order valence-corrected chi connectivity index (χ2v) is 4.93. The van der Waals surface area contributed by atoms with Crippen molar-refractivity contribution in [3.8, 4) is 0 Å². The monoisotopic (exact) mass is 298 g/mol. The van der Waals surface area contributed by atoms with Crippen LogP contribution < -0.4 is 5.32 Å². The summed E-state index contributed by atoms with van der Waals surface area (Å²) in [6.07, 6.45) is -4.54. The van der Waals surface area contributed by atoms with Crippen molar-refractivity contribution in [2.75, 3.05) is 46.8 Å². The maximum Gasteiger partial charge on any atom is 0.497 e. The highest BCUT2D eigenvalue weighted by molar-refractivity contribution is 5.77. The van der Waals surface area contributed by atoms with Crippen molar-refractivity contribution >= 4 is 11.9 Å². The van der Waals surface area contributed by atoms with Gasteiger partial charge in [0.05, 0.1) is 0 Å².